The molecule has 26 heavy (non-hydrogen) atoms. The summed E-state index contributed by atoms with van der Waals surface area (Å²) in [5.41, 5.74) is -1.88. The van der Waals surface area contributed by atoms with E-state index in [0.717, 1.165) is 48.5 Å². The number of nitro groups is 2. The summed E-state index contributed by atoms with van der Waals surface area (Å²) in [6.45, 7) is 0. The van der Waals surface area contributed by atoms with Gasteiger partial charge in [0.15, 0.2) is 0 Å². The van der Waals surface area contributed by atoms with Crippen molar-refractivity contribution in [1.82, 2.24) is 0 Å². The van der Waals surface area contributed by atoms with E-state index < -0.39 is 32.9 Å². The van der Waals surface area contributed by atoms with E-state index in [9.17, 15) is 40.0 Å². The summed E-state index contributed by atoms with van der Waals surface area (Å²) < 4.78 is 0. The van der Waals surface area contributed by atoms with Gasteiger partial charge in [-0.1, -0.05) is 0 Å². The normalized spacial score (nSPS) is 11.4. The number of carboxylic acids is 2. The van der Waals surface area contributed by atoms with Crippen molar-refractivity contribution in [3.8, 4) is 0 Å². The van der Waals surface area contributed by atoms with Gasteiger partial charge in [-0.3, -0.25) is 20.2 Å². The van der Waals surface area contributed by atoms with Crippen LogP contribution in [0.5, 0.6) is 0 Å². The first-order valence-electron chi connectivity index (χ1n) is 6.93. The van der Waals surface area contributed by atoms with Gasteiger partial charge in [-0.25, -0.2) is 9.59 Å². The topological polar surface area (TPSA) is 161 Å². The number of non-ortho nitro benzene ring substituents is 2. The van der Waals surface area contributed by atoms with E-state index in [1.165, 1.54) is 0 Å². The van der Waals surface area contributed by atoms with Gasteiger partial charge >= 0.3 is 11.9 Å². The molecule has 2 N–H and O–H groups in total. The van der Waals surface area contributed by atoms with E-state index in [2.05, 4.69) is 0 Å². The Morgan fingerprint density at radius 1 is 0.654 bits per heavy atom. The summed E-state index contributed by atoms with van der Waals surface area (Å²) in [7, 11) is 0. The van der Waals surface area contributed by atoms with Crippen LogP contribution in [0.4, 0.5) is 11.4 Å². The Kier molecular flexibility index (Phi) is 5.07. The fraction of sp³-hybridized carbons (Fsp3) is 0. The molecule has 0 saturated heterocycles. The summed E-state index contributed by atoms with van der Waals surface area (Å²) >= 11 is 0. The number of rotatable bonds is 6. The third kappa shape index (κ3) is 3.70. The number of benzene rings is 2. The van der Waals surface area contributed by atoms with Crippen LogP contribution in [0, 0.1) is 20.2 Å². The second-order valence-electron chi connectivity index (χ2n) is 4.97. The van der Waals surface area contributed by atoms with Crippen molar-refractivity contribution in [2.75, 3.05) is 0 Å². The van der Waals surface area contributed by atoms with E-state index >= 15 is 0 Å². The van der Waals surface area contributed by atoms with Gasteiger partial charge < -0.3 is 10.2 Å². The molecule has 10 heteroatoms. The minimum absolute atomic E-state index is 0.0566. The van der Waals surface area contributed by atoms with Crippen LogP contribution >= 0.6 is 0 Å². The number of carbonyl (C=O) groups is 2. The molecule has 0 radical (unpaired) electrons. The zero-order chi connectivity index (χ0) is 19.4. The highest BCUT2D eigenvalue weighted by Gasteiger charge is 2.24. The molecule has 132 valence electrons. The van der Waals surface area contributed by atoms with E-state index in [4.69, 9.17) is 0 Å². The SMILES string of the molecule is O=C(O)/C(=C(/C(=O)O)c1ccc([N+](=O)[O-])cc1)c1ccc([N+](=O)[O-])cc1. The predicted octanol–water partition coefficient (Wildman–Crippen LogP) is 2.58. The van der Waals surface area contributed by atoms with E-state index in [1.54, 1.807) is 0 Å². The van der Waals surface area contributed by atoms with Gasteiger partial charge in [-0.2, -0.15) is 0 Å². The van der Waals surface area contributed by atoms with Gasteiger partial charge in [0.25, 0.3) is 11.4 Å². The van der Waals surface area contributed by atoms with Crippen molar-refractivity contribution < 1.29 is 29.6 Å². The molecule has 0 aliphatic rings. The zero-order valence-electron chi connectivity index (χ0n) is 12.9. The molecule has 2 aromatic carbocycles. The fourth-order valence-corrected chi connectivity index (χ4v) is 2.25. The van der Waals surface area contributed by atoms with Crippen LogP contribution in [0.3, 0.4) is 0 Å². The molecular formula is C16H10N2O8. The summed E-state index contributed by atoms with van der Waals surface area (Å²) in [4.78, 5) is 43.3. The van der Waals surface area contributed by atoms with Crippen LogP contribution in [0.1, 0.15) is 11.1 Å². The monoisotopic (exact) mass is 358 g/mol. The first-order chi connectivity index (χ1) is 12.2. The summed E-state index contributed by atoms with van der Waals surface area (Å²) in [6, 6.07) is 8.68. The Morgan fingerprint density at radius 2 is 0.923 bits per heavy atom. The molecule has 0 saturated carbocycles. The number of hydrogen-bond donors (Lipinski definition) is 2. The van der Waals surface area contributed by atoms with Crippen LogP contribution in [-0.2, 0) is 9.59 Å². The molecule has 2 aromatic rings. The van der Waals surface area contributed by atoms with Crippen molar-refractivity contribution in [3.63, 3.8) is 0 Å². The molecular weight excluding hydrogens is 348 g/mol. The number of aliphatic carboxylic acids is 2. The smallest absolute Gasteiger partial charge is 0.337 e. The van der Waals surface area contributed by atoms with E-state index in [-0.39, 0.29) is 22.5 Å². The van der Waals surface area contributed by atoms with Crippen molar-refractivity contribution in [2.45, 2.75) is 0 Å². The second-order valence-corrected chi connectivity index (χ2v) is 4.97. The molecule has 0 amide bonds. The number of nitrogens with zero attached hydrogens (tertiary/aromatic N) is 2. The second kappa shape index (κ2) is 7.21. The molecule has 0 heterocycles. The van der Waals surface area contributed by atoms with E-state index in [0.29, 0.717) is 0 Å². The Labute approximate surface area is 144 Å². The number of nitro benzene ring substituents is 2. The first-order valence-corrected chi connectivity index (χ1v) is 6.93. The Balaban J connectivity index is 2.67. The average molecular weight is 358 g/mol. The zero-order valence-corrected chi connectivity index (χ0v) is 12.9. The van der Waals surface area contributed by atoms with Crippen molar-refractivity contribution >= 4 is 34.5 Å². The first kappa shape index (κ1) is 18.3. The summed E-state index contributed by atoms with van der Waals surface area (Å²) in [5, 5.41) is 40.3. The number of carboxylic acid groups (broad SMARTS) is 2. The molecule has 0 bridgehead atoms. The van der Waals surface area contributed by atoms with Crippen LogP contribution in [-0.4, -0.2) is 32.0 Å². The largest absolute Gasteiger partial charge is 0.478 e. The molecule has 0 unspecified atom stereocenters. The minimum Gasteiger partial charge on any atom is -0.478 e. The molecule has 0 aliphatic carbocycles. The Hall–Kier alpha value is -4.08. The summed E-state index contributed by atoms with van der Waals surface area (Å²) in [6.07, 6.45) is 0. The van der Waals surface area contributed by atoms with Gasteiger partial charge in [-0.05, 0) is 35.4 Å². The lowest BCUT2D eigenvalue weighted by molar-refractivity contribution is -0.385. The minimum atomic E-state index is -1.56. The van der Waals surface area contributed by atoms with Crippen molar-refractivity contribution in [3.05, 3.63) is 79.9 Å². The van der Waals surface area contributed by atoms with Crippen LogP contribution in [0.15, 0.2) is 48.5 Å². The fourth-order valence-electron chi connectivity index (χ4n) is 2.25. The molecule has 0 fully saturated rings. The average Bonchev–Trinajstić information content (AvgIpc) is 2.59. The molecule has 10 nitrogen and oxygen atoms in total. The maximum atomic E-state index is 11.6. The lowest BCUT2D eigenvalue weighted by atomic mass is 9.94. The molecule has 0 aliphatic heterocycles. The molecule has 0 aromatic heterocycles. The van der Waals surface area contributed by atoms with Gasteiger partial charge in [-0.15, -0.1) is 0 Å². The number of hydrogen-bond acceptors (Lipinski definition) is 6. The molecule has 2 rings (SSSR count). The lowest BCUT2D eigenvalue weighted by Crippen LogP contribution is -2.10. The van der Waals surface area contributed by atoms with Crippen LogP contribution in [0.25, 0.3) is 11.1 Å². The third-order valence-electron chi connectivity index (χ3n) is 3.41. The van der Waals surface area contributed by atoms with Gasteiger partial charge in [0, 0.05) is 24.3 Å². The van der Waals surface area contributed by atoms with Gasteiger partial charge in [0.2, 0.25) is 0 Å². The van der Waals surface area contributed by atoms with E-state index in [1.807, 2.05) is 0 Å². The third-order valence-corrected chi connectivity index (χ3v) is 3.41. The van der Waals surface area contributed by atoms with Gasteiger partial charge in [0.1, 0.15) is 0 Å². The predicted molar refractivity (Wildman–Crippen MR) is 88.3 cm³/mol. The maximum absolute atomic E-state index is 11.6. The van der Waals surface area contributed by atoms with Crippen LogP contribution < -0.4 is 0 Å². The Bertz CT molecular complexity index is 852. The molecule has 0 spiro atoms. The standard InChI is InChI=1S/C16H10N2O8/c19-15(20)13(9-1-5-11(6-2-9)17(23)24)14(16(21)22)10-3-7-12(8-4-10)18(25)26/h1-8H,(H,19,20)(H,21,22)/b14-13+. The maximum Gasteiger partial charge on any atom is 0.337 e. The highest BCUT2D eigenvalue weighted by Crippen LogP contribution is 2.29. The Morgan fingerprint density at radius 3 is 1.12 bits per heavy atom. The van der Waals surface area contributed by atoms with Crippen molar-refractivity contribution in [1.29, 1.82) is 0 Å². The van der Waals surface area contributed by atoms with Crippen molar-refractivity contribution in [2.24, 2.45) is 0 Å². The summed E-state index contributed by atoms with van der Waals surface area (Å²) in [5.74, 6) is -3.12. The lowest BCUT2D eigenvalue weighted by Gasteiger charge is -2.09. The van der Waals surface area contributed by atoms with Gasteiger partial charge in [0.05, 0.1) is 21.0 Å². The highest BCUT2D eigenvalue weighted by molar-refractivity contribution is 6.36. The van der Waals surface area contributed by atoms with Crippen LogP contribution in [0.2, 0.25) is 0 Å². The highest BCUT2D eigenvalue weighted by atomic mass is 16.6. The quantitative estimate of drug-likeness (QED) is 0.344. The molecule has 0 atom stereocenters.